The Morgan fingerprint density at radius 3 is 3.00 bits per heavy atom. The maximum absolute atomic E-state index is 14.0. The van der Waals surface area contributed by atoms with Crippen molar-refractivity contribution in [3.8, 4) is 0 Å². The summed E-state index contributed by atoms with van der Waals surface area (Å²) < 4.78 is 27.5. The Balaban J connectivity index is 1.92. The fourth-order valence-corrected chi connectivity index (χ4v) is 2.53. The molecule has 2 heterocycles. The van der Waals surface area contributed by atoms with Crippen LogP contribution in [0.1, 0.15) is 25.1 Å². The molecule has 3 nitrogen and oxygen atoms in total. The van der Waals surface area contributed by atoms with Crippen molar-refractivity contribution in [2.75, 3.05) is 6.54 Å². The zero-order valence-corrected chi connectivity index (χ0v) is 10.00. The molecule has 0 saturated carbocycles. The lowest BCUT2D eigenvalue weighted by molar-refractivity contribution is 0.338. The Labute approximate surface area is 104 Å². The second-order valence-electron chi connectivity index (χ2n) is 4.77. The van der Waals surface area contributed by atoms with Gasteiger partial charge in [-0.05, 0) is 31.5 Å². The van der Waals surface area contributed by atoms with Crippen LogP contribution in [0.25, 0.3) is 11.0 Å². The van der Waals surface area contributed by atoms with Gasteiger partial charge in [0.05, 0.1) is 0 Å². The average Bonchev–Trinajstić information content (AvgIpc) is 2.70. The highest BCUT2D eigenvalue weighted by atomic mass is 19.2. The smallest absolute Gasteiger partial charge is 0.151 e. The molecule has 0 aliphatic carbocycles. The fourth-order valence-electron chi connectivity index (χ4n) is 2.53. The third-order valence-electron chi connectivity index (χ3n) is 3.49. The molecule has 1 aliphatic heterocycles. The van der Waals surface area contributed by atoms with Gasteiger partial charge in [-0.1, -0.05) is 17.0 Å². The van der Waals surface area contributed by atoms with Crippen molar-refractivity contribution >= 4 is 11.0 Å². The lowest BCUT2D eigenvalue weighted by atomic mass is 10.0. The number of benzene rings is 1. The van der Waals surface area contributed by atoms with E-state index in [9.17, 15) is 8.87 Å². The van der Waals surface area contributed by atoms with Gasteiger partial charge in [0.15, 0.2) is 5.82 Å². The van der Waals surface area contributed by atoms with E-state index >= 15 is 0 Å². The molecule has 96 valence electrons. The fraction of sp³-hybridized carbons (Fsp3) is 0.462. The normalized spacial score (nSPS) is 20.4. The lowest BCUT2D eigenvalue weighted by Crippen LogP contribution is -2.36. The summed E-state index contributed by atoms with van der Waals surface area (Å²) in [5.74, 6) is -0.170. The zero-order chi connectivity index (χ0) is 12.5. The van der Waals surface area contributed by atoms with Crippen LogP contribution in [-0.4, -0.2) is 22.4 Å². The molecule has 1 saturated heterocycles. The first-order valence-electron chi connectivity index (χ1n) is 6.31. The summed E-state index contributed by atoms with van der Waals surface area (Å²) in [6.07, 6.45) is 3.84. The SMILES string of the molecule is Fc1cccc2c1nc(CC1CCCCN1)n2F. The first-order valence-corrected chi connectivity index (χ1v) is 6.31. The van der Waals surface area contributed by atoms with Gasteiger partial charge in [-0.25, -0.2) is 9.37 Å². The number of nitrogens with zero attached hydrogens (tertiary/aromatic N) is 2. The monoisotopic (exact) mass is 251 g/mol. The molecule has 1 atom stereocenters. The Hall–Kier alpha value is -1.49. The predicted octanol–water partition coefficient (Wildman–Crippen LogP) is 2.59. The minimum atomic E-state index is -0.471. The summed E-state index contributed by atoms with van der Waals surface area (Å²) >= 11 is 0. The minimum Gasteiger partial charge on any atom is -0.314 e. The van der Waals surface area contributed by atoms with Crippen molar-refractivity contribution in [3.05, 3.63) is 29.8 Å². The Morgan fingerprint density at radius 2 is 2.28 bits per heavy atom. The van der Waals surface area contributed by atoms with E-state index in [1.807, 2.05) is 0 Å². The molecule has 3 rings (SSSR count). The van der Waals surface area contributed by atoms with Crippen LogP contribution in [0.4, 0.5) is 8.87 Å². The van der Waals surface area contributed by atoms with Crippen LogP contribution in [0.3, 0.4) is 0 Å². The van der Waals surface area contributed by atoms with Crippen LogP contribution in [0, 0.1) is 5.82 Å². The lowest BCUT2D eigenvalue weighted by Gasteiger charge is -2.22. The van der Waals surface area contributed by atoms with Gasteiger partial charge in [-0.3, -0.25) is 0 Å². The van der Waals surface area contributed by atoms with Gasteiger partial charge in [-0.15, -0.1) is 0 Å². The van der Waals surface area contributed by atoms with Crippen LogP contribution < -0.4 is 5.32 Å². The molecule has 1 N–H and O–H groups in total. The highest BCUT2D eigenvalue weighted by Crippen LogP contribution is 2.21. The maximum Gasteiger partial charge on any atom is 0.151 e. The van der Waals surface area contributed by atoms with Gasteiger partial charge in [-0.2, -0.15) is 4.79 Å². The second kappa shape index (κ2) is 4.65. The van der Waals surface area contributed by atoms with E-state index < -0.39 is 5.82 Å². The molecule has 1 unspecified atom stereocenters. The van der Waals surface area contributed by atoms with Gasteiger partial charge in [0.2, 0.25) is 0 Å². The topological polar surface area (TPSA) is 29.9 Å². The number of piperidine rings is 1. The number of imidazole rings is 1. The Morgan fingerprint density at radius 1 is 1.39 bits per heavy atom. The maximum atomic E-state index is 14.0. The van der Waals surface area contributed by atoms with Crippen molar-refractivity contribution in [1.82, 2.24) is 15.1 Å². The average molecular weight is 251 g/mol. The number of aromatic nitrogens is 2. The first-order chi connectivity index (χ1) is 8.75. The molecule has 5 heteroatoms. The number of para-hydroxylation sites is 1. The molecule has 1 aliphatic rings. The minimum absolute atomic E-state index is 0.116. The summed E-state index contributed by atoms with van der Waals surface area (Å²) in [5, 5.41) is 3.34. The Kier molecular flexibility index (Phi) is 2.99. The van der Waals surface area contributed by atoms with E-state index in [2.05, 4.69) is 10.3 Å². The quantitative estimate of drug-likeness (QED) is 0.889. The van der Waals surface area contributed by atoms with Crippen molar-refractivity contribution in [3.63, 3.8) is 0 Å². The number of halogens is 2. The van der Waals surface area contributed by atoms with Gasteiger partial charge in [0, 0.05) is 12.5 Å². The molecular weight excluding hydrogens is 236 g/mol. The van der Waals surface area contributed by atoms with Gasteiger partial charge >= 0.3 is 0 Å². The van der Waals surface area contributed by atoms with Crippen molar-refractivity contribution in [2.24, 2.45) is 0 Å². The molecule has 1 aromatic carbocycles. The molecule has 0 amide bonds. The first kappa shape index (κ1) is 11.6. The van der Waals surface area contributed by atoms with Crippen molar-refractivity contribution in [2.45, 2.75) is 31.7 Å². The number of hydrogen-bond acceptors (Lipinski definition) is 2. The van der Waals surface area contributed by atoms with E-state index in [0.29, 0.717) is 17.0 Å². The predicted molar refractivity (Wildman–Crippen MR) is 65.5 cm³/mol. The van der Waals surface area contributed by atoms with E-state index in [1.54, 1.807) is 6.07 Å². The zero-order valence-electron chi connectivity index (χ0n) is 10.00. The van der Waals surface area contributed by atoms with Crippen molar-refractivity contribution < 1.29 is 8.87 Å². The van der Waals surface area contributed by atoms with Gasteiger partial charge in [0.1, 0.15) is 16.9 Å². The number of rotatable bonds is 2. The van der Waals surface area contributed by atoms with Crippen molar-refractivity contribution in [1.29, 1.82) is 0 Å². The molecular formula is C13H15F2N3. The van der Waals surface area contributed by atoms with Crippen LogP contribution in [0.2, 0.25) is 0 Å². The number of hydrogen-bond donors (Lipinski definition) is 1. The number of fused-ring (bicyclic) bond motifs is 1. The van der Waals surface area contributed by atoms with E-state index in [0.717, 1.165) is 25.8 Å². The summed E-state index contributed by atoms with van der Waals surface area (Å²) in [5.41, 5.74) is 0.326. The van der Waals surface area contributed by atoms with Crippen LogP contribution in [0.15, 0.2) is 18.2 Å². The van der Waals surface area contributed by atoms with E-state index in [-0.39, 0.29) is 17.1 Å². The molecule has 0 spiro atoms. The van der Waals surface area contributed by atoms with Gasteiger partial charge < -0.3 is 5.32 Å². The third-order valence-corrected chi connectivity index (χ3v) is 3.49. The molecule has 1 fully saturated rings. The Bertz CT molecular complexity index is 559. The molecule has 0 radical (unpaired) electrons. The molecule has 0 bridgehead atoms. The largest absolute Gasteiger partial charge is 0.314 e. The van der Waals surface area contributed by atoms with E-state index in [4.69, 9.17) is 0 Å². The summed E-state index contributed by atoms with van der Waals surface area (Å²) in [6, 6.07) is 4.59. The van der Waals surface area contributed by atoms with E-state index in [1.165, 1.54) is 12.1 Å². The standard InChI is InChI=1S/C13H15F2N3/c14-10-5-3-6-11-13(10)17-12(18(11)15)8-9-4-1-2-7-16-9/h3,5-6,9,16H,1-2,4,7-8H2. The third kappa shape index (κ3) is 1.99. The van der Waals surface area contributed by atoms with Crippen LogP contribution in [0.5, 0.6) is 0 Å². The molecule has 2 aromatic rings. The highest BCUT2D eigenvalue weighted by molar-refractivity contribution is 5.76. The summed E-state index contributed by atoms with van der Waals surface area (Å²) in [6.45, 7) is 0.964. The second-order valence-corrected chi connectivity index (χ2v) is 4.77. The van der Waals surface area contributed by atoms with Crippen LogP contribution in [-0.2, 0) is 6.42 Å². The summed E-state index contributed by atoms with van der Waals surface area (Å²) in [4.78, 5) is 4.59. The number of nitrogens with one attached hydrogen (secondary N) is 1. The molecule has 18 heavy (non-hydrogen) atoms. The van der Waals surface area contributed by atoms with Crippen LogP contribution >= 0.6 is 0 Å². The highest BCUT2D eigenvalue weighted by Gasteiger charge is 2.19. The van der Waals surface area contributed by atoms with Gasteiger partial charge in [0.25, 0.3) is 0 Å². The summed E-state index contributed by atoms with van der Waals surface area (Å²) in [7, 11) is 0. The molecule has 1 aromatic heterocycles.